The lowest BCUT2D eigenvalue weighted by atomic mass is 10.1. The molecule has 0 amide bonds. The van der Waals surface area contributed by atoms with Crippen molar-refractivity contribution < 1.29 is 14.3 Å². The van der Waals surface area contributed by atoms with E-state index in [2.05, 4.69) is 9.72 Å². The van der Waals surface area contributed by atoms with Crippen molar-refractivity contribution in [2.75, 3.05) is 7.11 Å². The average molecular weight is 291 g/mol. The molecular weight excluding hydrogens is 283 g/mol. The molecule has 1 aliphatic heterocycles. The molecule has 1 atom stereocenters. The molecular formula is C10H8Cl2N2O4. The van der Waals surface area contributed by atoms with Crippen LogP contribution in [-0.2, 0) is 20.7 Å². The summed E-state index contributed by atoms with van der Waals surface area (Å²) < 4.78 is 5.48. The first-order chi connectivity index (χ1) is 8.47. The molecule has 2 rings (SSSR count). The number of hydrogen-bond donors (Lipinski definition) is 0. The van der Waals surface area contributed by atoms with E-state index in [-0.39, 0.29) is 10.3 Å². The van der Waals surface area contributed by atoms with Gasteiger partial charge in [-0.15, -0.1) is 0 Å². The smallest absolute Gasteiger partial charge is 0.376 e. The third-order valence-corrected chi connectivity index (χ3v) is 3.32. The zero-order chi connectivity index (χ0) is 13.4. The minimum atomic E-state index is -0.996. The number of halogens is 2. The summed E-state index contributed by atoms with van der Waals surface area (Å²) in [6, 6.07) is -0.919. The minimum Gasteiger partial charge on any atom is -0.463 e. The maximum Gasteiger partial charge on any atom is 0.376 e. The molecule has 1 aromatic rings. The van der Waals surface area contributed by atoms with Gasteiger partial charge in [0.05, 0.1) is 12.8 Å². The number of ether oxygens (including phenoxy) is 1. The van der Waals surface area contributed by atoms with E-state index in [1.807, 2.05) is 0 Å². The summed E-state index contributed by atoms with van der Waals surface area (Å²) in [6.45, 7) is 0. The van der Waals surface area contributed by atoms with Crippen LogP contribution < -0.4 is 5.56 Å². The molecule has 2 heterocycles. The lowest BCUT2D eigenvalue weighted by Crippen LogP contribution is -2.33. The summed E-state index contributed by atoms with van der Waals surface area (Å²) >= 11 is 11.5. The summed E-state index contributed by atoms with van der Waals surface area (Å²) in [6.07, 6.45) is 0.677. The van der Waals surface area contributed by atoms with Crippen LogP contribution in [0.3, 0.4) is 0 Å². The first kappa shape index (κ1) is 13.0. The number of carbonyl (C=O) groups is 2. The van der Waals surface area contributed by atoms with Gasteiger partial charge >= 0.3 is 5.97 Å². The summed E-state index contributed by atoms with van der Waals surface area (Å²) in [5.74, 6) is -1.79. The average Bonchev–Trinajstić information content (AvgIpc) is 2.79. The largest absolute Gasteiger partial charge is 0.463 e. The van der Waals surface area contributed by atoms with Gasteiger partial charge in [-0.2, -0.15) is 0 Å². The maximum absolute atomic E-state index is 11.8. The van der Waals surface area contributed by atoms with E-state index in [0.717, 1.165) is 11.7 Å². The Balaban J connectivity index is 2.54. The second-order valence-electron chi connectivity index (χ2n) is 3.73. The predicted molar refractivity (Wildman–Crippen MR) is 62.9 cm³/mol. The molecule has 0 unspecified atom stereocenters. The Labute approximate surface area is 111 Å². The number of fused-ring (bicyclic) bond motifs is 1. The highest BCUT2D eigenvalue weighted by Gasteiger charge is 2.36. The van der Waals surface area contributed by atoms with Gasteiger partial charge in [-0.1, -0.05) is 23.2 Å². The van der Waals surface area contributed by atoms with Gasteiger partial charge < -0.3 is 4.74 Å². The fourth-order valence-corrected chi connectivity index (χ4v) is 2.45. The van der Waals surface area contributed by atoms with Crippen molar-refractivity contribution in [1.29, 1.82) is 0 Å². The van der Waals surface area contributed by atoms with E-state index in [0.29, 0.717) is 18.5 Å². The summed E-state index contributed by atoms with van der Waals surface area (Å²) in [5, 5.41) is -0.256. The molecule has 8 heteroatoms. The molecule has 0 bridgehead atoms. The Kier molecular flexibility index (Phi) is 3.41. The van der Waals surface area contributed by atoms with Gasteiger partial charge in [-0.05, 0) is 12.8 Å². The number of rotatable bonds is 2. The number of methoxy groups -OCH3 is 1. The normalized spacial score (nSPS) is 17.4. The van der Waals surface area contributed by atoms with Crippen molar-refractivity contribution in [3.8, 4) is 0 Å². The highest BCUT2D eigenvalue weighted by Crippen LogP contribution is 2.29. The SMILES string of the molecule is COC(=O)C(=O)[C@@H]1CCc2c(Cl)nc(Cl)c(=O)n21. The van der Waals surface area contributed by atoms with Crippen LogP contribution in [0, 0.1) is 0 Å². The third kappa shape index (κ3) is 1.91. The van der Waals surface area contributed by atoms with Crippen molar-refractivity contribution in [2.24, 2.45) is 0 Å². The van der Waals surface area contributed by atoms with Gasteiger partial charge in [0.1, 0.15) is 6.04 Å². The van der Waals surface area contributed by atoms with Gasteiger partial charge in [0, 0.05) is 0 Å². The van der Waals surface area contributed by atoms with Crippen LogP contribution in [0.5, 0.6) is 0 Å². The molecule has 18 heavy (non-hydrogen) atoms. The number of Topliss-reactive ketones (excluding diaryl/α,β-unsaturated/α-hetero) is 1. The fraction of sp³-hybridized carbons (Fsp3) is 0.400. The summed E-state index contributed by atoms with van der Waals surface area (Å²) in [7, 11) is 1.10. The Hall–Kier alpha value is -1.40. The molecule has 0 fully saturated rings. The number of nitrogens with zero attached hydrogens (tertiary/aromatic N) is 2. The van der Waals surface area contributed by atoms with Gasteiger partial charge in [-0.3, -0.25) is 14.2 Å². The van der Waals surface area contributed by atoms with Gasteiger partial charge in [0.15, 0.2) is 10.3 Å². The van der Waals surface area contributed by atoms with Gasteiger partial charge in [0.25, 0.3) is 11.3 Å². The zero-order valence-electron chi connectivity index (χ0n) is 9.27. The molecule has 1 aromatic heterocycles. The van der Waals surface area contributed by atoms with Crippen LogP contribution in [0.2, 0.25) is 10.3 Å². The predicted octanol–water partition coefficient (Wildman–Crippen LogP) is 0.779. The number of esters is 1. The van der Waals surface area contributed by atoms with Crippen molar-refractivity contribution in [3.05, 3.63) is 26.4 Å². The topological polar surface area (TPSA) is 78.3 Å². The Bertz CT molecular complexity index is 596. The van der Waals surface area contributed by atoms with Crippen LogP contribution in [0.15, 0.2) is 4.79 Å². The molecule has 1 aliphatic rings. The number of carbonyl (C=O) groups excluding carboxylic acids is 2. The van der Waals surface area contributed by atoms with E-state index < -0.39 is 23.4 Å². The highest BCUT2D eigenvalue weighted by molar-refractivity contribution is 6.35. The Morgan fingerprint density at radius 2 is 2.06 bits per heavy atom. The second-order valence-corrected chi connectivity index (χ2v) is 4.44. The molecule has 6 nitrogen and oxygen atoms in total. The van der Waals surface area contributed by atoms with Crippen LogP contribution in [0.4, 0.5) is 0 Å². The zero-order valence-corrected chi connectivity index (χ0v) is 10.8. The summed E-state index contributed by atoms with van der Waals surface area (Å²) in [5.41, 5.74) is -0.218. The molecule has 0 radical (unpaired) electrons. The molecule has 0 saturated heterocycles. The first-order valence-electron chi connectivity index (χ1n) is 5.06. The standard InChI is InChI=1S/C10H8Cl2N2O4/c1-18-10(17)6(15)4-2-3-5-7(11)13-8(12)9(16)14(4)5/h4H,2-3H2,1H3/t4-/m0/s1. The van der Waals surface area contributed by atoms with E-state index in [1.165, 1.54) is 0 Å². The molecule has 0 aromatic carbocycles. The van der Waals surface area contributed by atoms with Crippen LogP contribution >= 0.6 is 23.2 Å². The third-order valence-electron chi connectivity index (χ3n) is 2.78. The van der Waals surface area contributed by atoms with Crippen molar-refractivity contribution >= 4 is 35.0 Å². The van der Waals surface area contributed by atoms with Crippen LogP contribution in [0.25, 0.3) is 0 Å². The van der Waals surface area contributed by atoms with Crippen molar-refractivity contribution in [3.63, 3.8) is 0 Å². The fourth-order valence-electron chi connectivity index (χ4n) is 1.96. The monoisotopic (exact) mass is 290 g/mol. The number of hydrogen-bond acceptors (Lipinski definition) is 5. The lowest BCUT2D eigenvalue weighted by Gasteiger charge is -2.12. The van der Waals surface area contributed by atoms with Gasteiger partial charge in [-0.25, -0.2) is 9.78 Å². The molecule has 0 saturated carbocycles. The van der Waals surface area contributed by atoms with Crippen LogP contribution in [0.1, 0.15) is 18.2 Å². The number of aromatic nitrogens is 2. The quantitative estimate of drug-likeness (QED) is 0.594. The molecule has 0 aliphatic carbocycles. The Morgan fingerprint density at radius 3 is 2.67 bits per heavy atom. The highest BCUT2D eigenvalue weighted by atomic mass is 35.5. The lowest BCUT2D eigenvalue weighted by molar-refractivity contribution is -0.153. The van der Waals surface area contributed by atoms with E-state index in [4.69, 9.17) is 23.2 Å². The number of ketones is 1. The minimum absolute atomic E-state index is 0.0692. The second kappa shape index (κ2) is 4.70. The Morgan fingerprint density at radius 1 is 1.39 bits per heavy atom. The van der Waals surface area contributed by atoms with Crippen molar-refractivity contribution in [1.82, 2.24) is 9.55 Å². The summed E-state index contributed by atoms with van der Waals surface area (Å²) in [4.78, 5) is 38.5. The van der Waals surface area contributed by atoms with E-state index in [1.54, 1.807) is 0 Å². The van der Waals surface area contributed by atoms with Crippen molar-refractivity contribution in [2.45, 2.75) is 18.9 Å². The van der Waals surface area contributed by atoms with E-state index >= 15 is 0 Å². The van der Waals surface area contributed by atoms with Gasteiger partial charge in [0.2, 0.25) is 0 Å². The maximum atomic E-state index is 11.8. The van der Waals surface area contributed by atoms with E-state index in [9.17, 15) is 14.4 Å². The molecule has 0 spiro atoms. The van der Waals surface area contributed by atoms with Crippen LogP contribution in [-0.4, -0.2) is 28.4 Å². The molecule has 96 valence electrons. The molecule has 0 N–H and O–H groups in total. The first-order valence-corrected chi connectivity index (χ1v) is 5.81.